The number of carbonyl (C=O) groups excluding carboxylic acids is 1. The Labute approximate surface area is 126 Å². The number of rotatable bonds is 6. The standard InChI is InChI=1S/C16H25N3O2/c1-21-8-7-19-12-17-10-13(19)11-18-15(20)14-9-16(14)5-3-2-4-6-16/h10,12,14H,2-9,11H2,1H3,(H,18,20)/t14-/m0/s1. The van der Waals surface area contributed by atoms with Crippen LogP contribution in [0.1, 0.15) is 44.2 Å². The third-order valence-corrected chi connectivity index (χ3v) is 5.13. The van der Waals surface area contributed by atoms with Crippen molar-refractivity contribution in [3.05, 3.63) is 18.2 Å². The lowest BCUT2D eigenvalue weighted by molar-refractivity contribution is -0.123. The van der Waals surface area contributed by atoms with Crippen LogP contribution in [-0.2, 0) is 22.6 Å². The average Bonchev–Trinajstić information content (AvgIpc) is 3.00. The Balaban J connectivity index is 1.49. The molecule has 2 saturated carbocycles. The van der Waals surface area contributed by atoms with E-state index in [4.69, 9.17) is 4.74 Å². The molecule has 116 valence electrons. The molecule has 1 atom stereocenters. The summed E-state index contributed by atoms with van der Waals surface area (Å²) in [4.78, 5) is 16.5. The number of nitrogens with one attached hydrogen (secondary N) is 1. The van der Waals surface area contributed by atoms with Gasteiger partial charge in [-0.25, -0.2) is 4.98 Å². The van der Waals surface area contributed by atoms with Gasteiger partial charge in [-0.3, -0.25) is 4.79 Å². The van der Waals surface area contributed by atoms with E-state index in [9.17, 15) is 4.79 Å². The second-order valence-corrected chi connectivity index (χ2v) is 6.47. The number of hydrogen-bond acceptors (Lipinski definition) is 3. The molecule has 1 heterocycles. The van der Waals surface area contributed by atoms with Crippen molar-refractivity contribution < 1.29 is 9.53 Å². The first-order valence-corrected chi connectivity index (χ1v) is 8.01. The van der Waals surface area contributed by atoms with Crippen molar-refractivity contribution in [3.63, 3.8) is 0 Å². The van der Waals surface area contributed by atoms with E-state index < -0.39 is 0 Å². The van der Waals surface area contributed by atoms with Gasteiger partial charge in [0.15, 0.2) is 0 Å². The first-order valence-electron chi connectivity index (χ1n) is 8.01. The number of ether oxygens (including phenoxy) is 1. The lowest BCUT2D eigenvalue weighted by atomic mass is 9.84. The highest BCUT2D eigenvalue weighted by molar-refractivity contribution is 5.82. The maximum Gasteiger partial charge on any atom is 0.224 e. The van der Waals surface area contributed by atoms with Gasteiger partial charge in [0.2, 0.25) is 5.91 Å². The van der Waals surface area contributed by atoms with Gasteiger partial charge >= 0.3 is 0 Å². The highest BCUT2D eigenvalue weighted by atomic mass is 16.5. The van der Waals surface area contributed by atoms with Crippen LogP contribution in [0.3, 0.4) is 0 Å². The predicted octanol–water partition coefficient (Wildman–Crippen LogP) is 2.12. The molecule has 0 bridgehead atoms. The van der Waals surface area contributed by atoms with Crippen LogP contribution in [0.15, 0.2) is 12.5 Å². The van der Waals surface area contributed by atoms with Crippen LogP contribution < -0.4 is 5.32 Å². The summed E-state index contributed by atoms with van der Waals surface area (Å²) < 4.78 is 7.12. The van der Waals surface area contributed by atoms with E-state index in [-0.39, 0.29) is 11.8 Å². The van der Waals surface area contributed by atoms with E-state index in [1.165, 1.54) is 32.1 Å². The Morgan fingerprint density at radius 1 is 1.48 bits per heavy atom. The first kappa shape index (κ1) is 14.6. The fraction of sp³-hybridized carbons (Fsp3) is 0.750. The molecule has 1 spiro atoms. The average molecular weight is 291 g/mol. The van der Waals surface area contributed by atoms with Gasteiger partial charge in [0, 0.05) is 25.8 Å². The summed E-state index contributed by atoms with van der Waals surface area (Å²) in [7, 11) is 1.69. The zero-order valence-electron chi connectivity index (χ0n) is 12.8. The molecule has 1 amide bonds. The van der Waals surface area contributed by atoms with Gasteiger partial charge in [0.25, 0.3) is 0 Å². The molecule has 0 unspecified atom stereocenters. The number of methoxy groups -OCH3 is 1. The van der Waals surface area contributed by atoms with Crippen LogP contribution in [0.2, 0.25) is 0 Å². The normalized spacial score (nSPS) is 23.2. The number of hydrogen-bond donors (Lipinski definition) is 1. The Morgan fingerprint density at radius 3 is 3.05 bits per heavy atom. The second-order valence-electron chi connectivity index (χ2n) is 6.47. The molecule has 2 aliphatic rings. The van der Waals surface area contributed by atoms with Crippen LogP contribution in [0, 0.1) is 11.3 Å². The van der Waals surface area contributed by atoms with Gasteiger partial charge in [-0.15, -0.1) is 0 Å². The zero-order valence-corrected chi connectivity index (χ0v) is 12.8. The van der Waals surface area contributed by atoms with Gasteiger partial charge in [0.1, 0.15) is 0 Å². The fourth-order valence-corrected chi connectivity index (χ4v) is 3.71. The molecular weight excluding hydrogens is 266 g/mol. The number of amides is 1. The molecule has 0 aromatic carbocycles. The highest BCUT2D eigenvalue weighted by Gasteiger charge is 2.57. The second kappa shape index (κ2) is 6.18. The minimum absolute atomic E-state index is 0.233. The van der Waals surface area contributed by atoms with Crippen LogP contribution in [0.5, 0.6) is 0 Å². The molecule has 3 rings (SSSR count). The molecule has 21 heavy (non-hydrogen) atoms. The van der Waals surface area contributed by atoms with Gasteiger partial charge in [-0.1, -0.05) is 19.3 Å². The maximum absolute atomic E-state index is 12.3. The Hall–Kier alpha value is -1.36. The fourth-order valence-electron chi connectivity index (χ4n) is 3.71. The van der Waals surface area contributed by atoms with Gasteiger partial charge in [-0.2, -0.15) is 0 Å². The first-order chi connectivity index (χ1) is 10.2. The van der Waals surface area contributed by atoms with E-state index in [1.807, 2.05) is 10.8 Å². The largest absolute Gasteiger partial charge is 0.383 e. The minimum atomic E-state index is 0.233. The summed E-state index contributed by atoms with van der Waals surface area (Å²) >= 11 is 0. The van der Waals surface area contributed by atoms with Crippen LogP contribution in [0.25, 0.3) is 0 Å². The van der Waals surface area contributed by atoms with E-state index in [0.717, 1.165) is 18.7 Å². The highest BCUT2D eigenvalue weighted by Crippen LogP contribution is 2.61. The summed E-state index contributed by atoms with van der Waals surface area (Å²) in [5.41, 5.74) is 1.40. The van der Waals surface area contributed by atoms with Crippen LogP contribution in [0.4, 0.5) is 0 Å². The van der Waals surface area contributed by atoms with Crippen molar-refractivity contribution in [3.8, 4) is 0 Å². The molecule has 0 aliphatic heterocycles. The third kappa shape index (κ3) is 3.12. The van der Waals surface area contributed by atoms with Crippen molar-refractivity contribution in [2.24, 2.45) is 11.3 Å². The summed E-state index contributed by atoms with van der Waals surface area (Å²) in [5.74, 6) is 0.490. The van der Waals surface area contributed by atoms with Gasteiger partial charge in [-0.05, 0) is 24.7 Å². The number of nitrogens with zero attached hydrogens (tertiary/aromatic N) is 2. The van der Waals surface area contributed by atoms with E-state index in [2.05, 4.69) is 10.3 Å². The smallest absolute Gasteiger partial charge is 0.224 e. The minimum Gasteiger partial charge on any atom is -0.383 e. The van der Waals surface area contributed by atoms with Crippen molar-refractivity contribution >= 4 is 5.91 Å². The Kier molecular flexibility index (Phi) is 4.29. The van der Waals surface area contributed by atoms with Gasteiger partial charge in [0.05, 0.1) is 25.2 Å². The molecule has 1 aromatic heterocycles. The molecular formula is C16H25N3O2. The van der Waals surface area contributed by atoms with Gasteiger partial charge < -0.3 is 14.6 Å². The third-order valence-electron chi connectivity index (χ3n) is 5.13. The monoisotopic (exact) mass is 291 g/mol. The molecule has 2 aliphatic carbocycles. The summed E-state index contributed by atoms with van der Waals surface area (Å²) in [6.07, 6.45) is 11.1. The topological polar surface area (TPSA) is 56.1 Å². The lowest BCUT2D eigenvalue weighted by Crippen LogP contribution is -2.28. The van der Waals surface area contributed by atoms with E-state index in [1.54, 1.807) is 13.4 Å². The van der Waals surface area contributed by atoms with Crippen molar-refractivity contribution in [1.29, 1.82) is 0 Å². The molecule has 2 fully saturated rings. The molecule has 0 saturated heterocycles. The molecule has 5 heteroatoms. The summed E-state index contributed by atoms with van der Waals surface area (Å²) in [5, 5.41) is 3.09. The zero-order chi connectivity index (χ0) is 14.7. The summed E-state index contributed by atoms with van der Waals surface area (Å²) in [6.45, 7) is 1.99. The molecule has 0 radical (unpaired) electrons. The Morgan fingerprint density at radius 2 is 2.29 bits per heavy atom. The number of aromatic nitrogens is 2. The molecule has 5 nitrogen and oxygen atoms in total. The SMILES string of the molecule is COCCn1cncc1CNC(=O)[C@@H]1CC12CCCCC2. The Bertz CT molecular complexity index is 491. The van der Waals surface area contributed by atoms with Crippen LogP contribution >= 0.6 is 0 Å². The van der Waals surface area contributed by atoms with E-state index >= 15 is 0 Å². The van der Waals surface area contributed by atoms with Crippen molar-refractivity contribution in [1.82, 2.24) is 14.9 Å². The van der Waals surface area contributed by atoms with Crippen molar-refractivity contribution in [2.75, 3.05) is 13.7 Å². The number of carbonyl (C=O) groups is 1. The summed E-state index contributed by atoms with van der Waals surface area (Å²) in [6, 6.07) is 0. The molecule has 1 aromatic rings. The quantitative estimate of drug-likeness (QED) is 0.873. The molecule has 1 N–H and O–H groups in total. The number of imidazole rings is 1. The van der Waals surface area contributed by atoms with Crippen molar-refractivity contribution in [2.45, 2.75) is 51.6 Å². The van der Waals surface area contributed by atoms with Crippen LogP contribution in [-0.4, -0.2) is 29.2 Å². The maximum atomic E-state index is 12.3. The van der Waals surface area contributed by atoms with E-state index in [0.29, 0.717) is 18.6 Å². The lowest BCUT2D eigenvalue weighted by Gasteiger charge is -2.22. The predicted molar refractivity (Wildman–Crippen MR) is 79.6 cm³/mol.